The SMILES string of the molecule is FC(F)(F)c1ccc([C@@H]2Nc3ccccc3C[C@@H]2C(F)(F)F)cc1. The highest BCUT2D eigenvalue weighted by atomic mass is 19.4. The van der Waals surface area contributed by atoms with E-state index in [0.717, 1.165) is 24.3 Å². The van der Waals surface area contributed by atoms with E-state index in [1.165, 1.54) is 0 Å². The van der Waals surface area contributed by atoms with Crippen molar-refractivity contribution < 1.29 is 26.3 Å². The zero-order chi connectivity index (χ0) is 17.5. The van der Waals surface area contributed by atoms with Crippen molar-refractivity contribution >= 4 is 5.69 Å². The van der Waals surface area contributed by atoms with Crippen LogP contribution in [0.3, 0.4) is 0 Å². The molecule has 128 valence electrons. The van der Waals surface area contributed by atoms with Gasteiger partial charge < -0.3 is 5.32 Å². The normalized spacial score (nSPS) is 21.1. The molecule has 1 nitrogen and oxygen atoms in total. The highest BCUT2D eigenvalue weighted by Crippen LogP contribution is 2.45. The molecule has 24 heavy (non-hydrogen) atoms. The van der Waals surface area contributed by atoms with Crippen LogP contribution < -0.4 is 5.32 Å². The summed E-state index contributed by atoms with van der Waals surface area (Å²) in [7, 11) is 0. The summed E-state index contributed by atoms with van der Waals surface area (Å²) >= 11 is 0. The maximum atomic E-state index is 13.4. The van der Waals surface area contributed by atoms with Gasteiger partial charge in [-0.3, -0.25) is 0 Å². The van der Waals surface area contributed by atoms with Gasteiger partial charge in [-0.25, -0.2) is 0 Å². The molecular weight excluding hydrogens is 332 g/mol. The van der Waals surface area contributed by atoms with Crippen molar-refractivity contribution in [3.63, 3.8) is 0 Å². The highest BCUT2D eigenvalue weighted by Gasteiger charge is 2.47. The van der Waals surface area contributed by atoms with Crippen LogP contribution >= 0.6 is 0 Å². The van der Waals surface area contributed by atoms with Gasteiger partial charge in [-0.05, 0) is 35.7 Å². The van der Waals surface area contributed by atoms with E-state index < -0.39 is 29.9 Å². The van der Waals surface area contributed by atoms with Gasteiger partial charge in [0.05, 0.1) is 17.5 Å². The zero-order valence-corrected chi connectivity index (χ0v) is 12.2. The average molecular weight is 345 g/mol. The monoisotopic (exact) mass is 345 g/mol. The molecular formula is C17H13F6N. The van der Waals surface area contributed by atoms with Gasteiger partial charge in [0.1, 0.15) is 0 Å². The third-order valence-electron chi connectivity index (χ3n) is 4.19. The molecule has 0 aromatic heterocycles. The Labute approximate surface area is 134 Å². The number of hydrogen-bond acceptors (Lipinski definition) is 1. The van der Waals surface area contributed by atoms with Gasteiger partial charge in [0.2, 0.25) is 0 Å². The number of rotatable bonds is 1. The van der Waals surface area contributed by atoms with Gasteiger partial charge in [0.25, 0.3) is 0 Å². The Hall–Kier alpha value is -2.18. The maximum Gasteiger partial charge on any atom is 0.416 e. The van der Waals surface area contributed by atoms with E-state index in [-0.39, 0.29) is 12.0 Å². The van der Waals surface area contributed by atoms with Gasteiger partial charge in [-0.2, -0.15) is 26.3 Å². The first-order valence-electron chi connectivity index (χ1n) is 7.24. The molecule has 3 rings (SSSR count). The number of halogens is 6. The van der Waals surface area contributed by atoms with Crippen LogP contribution in [0.1, 0.15) is 22.7 Å². The molecule has 1 aliphatic heterocycles. The van der Waals surface area contributed by atoms with Gasteiger partial charge in [0, 0.05) is 5.69 Å². The summed E-state index contributed by atoms with van der Waals surface area (Å²) in [6, 6.07) is 9.34. The largest absolute Gasteiger partial charge is 0.416 e. The van der Waals surface area contributed by atoms with Crippen molar-refractivity contribution in [3.05, 3.63) is 65.2 Å². The summed E-state index contributed by atoms with van der Waals surface area (Å²) in [5.74, 6) is -1.70. The lowest BCUT2D eigenvalue weighted by Crippen LogP contribution is -2.38. The van der Waals surface area contributed by atoms with Gasteiger partial charge in [-0.1, -0.05) is 30.3 Å². The number of nitrogens with one attached hydrogen (secondary N) is 1. The van der Waals surface area contributed by atoms with Crippen LogP contribution in [0.2, 0.25) is 0 Å². The molecule has 1 aliphatic rings. The number of anilines is 1. The Morgan fingerprint density at radius 3 is 2.04 bits per heavy atom. The van der Waals surface area contributed by atoms with E-state index >= 15 is 0 Å². The summed E-state index contributed by atoms with van der Waals surface area (Å²) in [6.45, 7) is 0. The number of fused-ring (bicyclic) bond motifs is 1. The number of alkyl halides is 6. The first-order chi connectivity index (χ1) is 11.2. The number of hydrogen-bond donors (Lipinski definition) is 1. The zero-order valence-electron chi connectivity index (χ0n) is 12.2. The van der Waals surface area contributed by atoms with E-state index in [0.29, 0.717) is 11.3 Å². The molecule has 0 saturated heterocycles. The Balaban J connectivity index is 1.98. The van der Waals surface area contributed by atoms with Gasteiger partial charge in [0.15, 0.2) is 0 Å². The Bertz CT molecular complexity index is 717. The second-order valence-corrected chi connectivity index (χ2v) is 5.75. The molecule has 7 heteroatoms. The van der Waals surface area contributed by atoms with Crippen LogP contribution in [0.5, 0.6) is 0 Å². The first-order valence-corrected chi connectivity index (χ1v) is 7.24. The van der Waals surface area contributed by atoms with Crippen molar-refractivity contribution in [2.24, 2.45) is 5.92 Å². The molecule has 1 heterocycles. The quantitative estimate of drug-likeness (QED) is 0.664. The Morgan fingerprint density at radius 2 is 1.46 bits per heavy atom. The molecule has 2 aromatic carbocycles. The molecule has 0 amide bonds. The van der Waals surface area contributed by atoms with Crippen LogP contribution in [0.4, 0.5) is 32.0 Å². The highest BCUT2D eigenvalue weighted by molar-refractivity contribution is 5.55. The minimum Gasteiger partial charge on any atom is -0.377 e. The lowest BCUT2D eigenvalue weighted by molar-refractivity contribution is -0.179. The molecule has 0 fully saturated rings. The maximum absolute atomic E-state index is 13.4. The lowest BCUT2D eigenvalue weighted by Gasteiger charge is -2.36. The standard InChI is InChI=1S/C17H13F6N/c18-16(19,20)12-7-5-10(6-8-12)15-13(17(21,22)23)9-11-3-1-2-4-14(11)24-15/h1-8,13,15,24H,9H2/t13-,15-/m0/s1. The lowest BCUT2D eigenvalue weighted by atomic mass is 9.83. The summed E-state index contributed by atoms with van der Waals surface area (Å²) in [4.78, 5) is 0. The second kappa shape index (κ2) is 5.72. The average Bonchev–Trinajstić information content (AvgIpc) is 2.52. The first kappa shape index (κ1) is 16.7. The van der Waals surface area contributed by atoms with Crippen LogP contribution in [0.25, 0.3) is 0 Å². The molecule has 0 bridgehead atoms. The molecule has 1 N–H and O–H groups in total. The topological polar surface area (TPSA) is 12.0 Å². The molecule has 0 radical (unpaired) electrons. The molecule has 2 atom stereocenters. The van der Waals surface area contributed by atoms with Crippen molar-refractivity contribution in [1.29, 1.82) is 0 Å². The number of para-hydroxylation sites is 1. The summed E-state index contributed by atoms with van der Waals surface area (Å²) in [5.41, 5.74) is 0.414. The van der Waals surface area contributed by atoms with Gasteiger partial charge >= 0.3 is 12.4 Å². The fourth-order valence-corrected chi connectivity index (χ4v) is 2.96. The predicted octanol–water partition coefficient (Wildman–Crippen LogP) is 5.59. The fraction of sp³-hybridized carbons (Fsp3) is 0.294. The van der Waals surface area contributed by atoms with Crippen LogP contribution in [-0.4, -0.2) is 6.18 Å². The fourth-order valence-electron chi connectivity index (χ4n) is 2.96. The Kier molecular flexibility index (Phi) is 3.97. The minimum atomic E-state index is -4.52. The van der Waals surface area contributed by atoms with Crippen LogP contribution in [0.15, 0.2) is 48.5 Å². The number of benzene rings is 2. The van der Waals surface area contributed by atoms with Crippen molar-refractivity contribution in [1.82, 2.24) is 0 Å². The van der Waals surface area contributed by atoms with Gasteiger partial charge in [-0.15, -0.1) is 0 Å². The molecule has 0 spiro atoms. The molecule has 2 aromatic rings. The summed E-state index contributed by atoms with van der Waals surface area (Å²) in [6.07, 6.45) is -9.19. The second-order valence-electron chi connectivity index (χ2n) is 5.75. The van der Waals surface area contributed by atoms with Crippen LogP contribution in [-0.2, 0) is 12.6 Å². The minimum absolute atomic E-state index is 0.180. The third-order valence-corrected chi connectivity index (χ3v) is 4.19. The van der Waals surface area contributed by atoms with Crippen molar-refractivity contribution in [2.45, 2.75) is 24.8 Å². The Morgan fingerprint density at radius 1 is 0.833 bits per heavy atom. The van der Waals surface area contributed by atoms with E-state index in [1.807, 2.05) is 0 Å². The van der Waals surface area contributed by atoms with E-state index in [4.69, 9.17) is 0 Å². The van der Waals surface area contributed by atoms with E-state index in [2.05, 4.69) is 5.32 Å². The van der Waals surface area contributed by atoms with Crippen LogP contribution in [0, 0.1) is 5.92 Å². The molecule has 0 unspecified atom stereocenters. The molecule has 0 aliphatic carbocycles. The summed E-state index contributed by atoms with van der Waals surface area (Å²) in [5, 5.41) is 2.83. The predicted molar refractivity (Wildman–Crippen MR) is 77.5 cm³/mol. The van der Waals surface area contributed by atoms with Crippen molar-refractivity contribution in [3.8, 4) is 0 Å². The smallest absolute Gasteiger partial charge is 0.377 e. The molecule has 0 saturated carbocycles. The van der Waals surface area contributed by atoms with E-state index in [1.54, 1.807) is 24.3 Å². The van der Waals surface area contributed by atoms with Crippen molar-refractivity contribution in [2.75, 3.05) is 5.32 Å². The third kappa shape index (κ3) is 3.20. The summed E-state index contributed by atoms with van der Waals surface area (Å²) < 4.78 is 78.1. The van der Waals surface area contributed by atoms with E-state index in [9.17, 15) is 26.3 Å².